The van der Waals surface area contributed by atoms with Gasteiger partial charge in [-0.1, -0.05) is 202 Å². The number of nitrogens with zero attached hydrogens (tertiary/aromatic N) is 1. The van der Waals surface area contributed by atoms with Crippen molar-refractivity contribution in [3.8, 4) is 55.6 Å². The molecule has 298 valence electrons. The summed E-state index contributed by atoms with van der Waals surface area (Å²) in [5, 5.41) is 4.76. The van der Waals surface area contributed by atoms with Crippen LogP contribution < -0.4 is 4.90 Å². The van der Waals surface area contributed by atoms with E-state index in [0.717, 1.165) is 39.0 Å². The number of hydrogen-bond acceptors (Lipinski definition) is 2. The van der Waals surface area contributed by atoms with Crippen molar-refractivity contribution in [1.82, 2.24) is 0 Å². The van der Waals surface area contributed by atoms with Gasteiger partial charge in [0, 0.05) is 22.1 Å². The lowest BCUT2D eigenvalue weighted by Crippen LogP contribution is -2.16. The van der Waals surface area contributed by atoms with Crippen molar-refractivity contribution >= 4 is 49.8 Å². The van der Waals surface area contributed by atoms with Crippen LogP contribution in [-0.2, 0) is 5.41 Å². The van der Waals surface area contributed by atoms with Gasteiger partial charge in [0.15, 0.2) is 0 Å². The van der Waals surface area contributed by atoms with Gasteiger partial charge in [-0.2, -0.15) is 0 Å². The number of furan rings is 1. The molecule has 0 amide bonds. The summed E-state index contributed by atoms with van der Waals surface area (Å²) in [5.74, 6) is 0. The Kier molecular flexibility index (Phi) is 8.55. The molecular weight excluding hydrogens is 763 g/mol. The van der Waals surface area contributed by atoms with Crippen molar-refractivity contribution in [2.75, 3.05) is 4.90 Å². The van der Waals surface area contributed by atoms with Gasteiger partial charge >= 0.3 is 0 Å². The lowest BCUT2D eigenvalue weighted by molar-refractivity contribution is 0.660. The van der Waals surface area contributed by atoms with Crippen LogP contribution in [0.1, 0.15) is 25.0 Å². The molecule has 11 aromatic rings. The number of rotatable bonds is 7. The molecule has 0 radical (unpaired) electrons. The smallest absolute Gasteiger partial charge is 0.137 e. The van der Waals surface area contributed by atoms with Gasteiger partial charge in [-0.05, 0) is 108 Å². The van der Waals surface area contributed by atoms with Gasteiger partial charge in [0.2, 0.25) is 0 Å². The Balaban J connectivity index is 0.861. The van der Waals surface area contributed by atoms with Crippen LogP contribution in [0, 0.1) is 0 Å². The second-order valence-electron chi connectivity index (χ2n) is 17.3. The molecule has 0 atom stereocenters. The first-order valence-corrected chi connectivity index (χ1v) is 21.8. The molecule has 1 aliphatic rings. The van der Waals surface area contributed by atoms with E-state index in [-0.39, 0.29) is 5.41 Å². The second-order valence-corrected chi connectivity index (χ2v) is 17.3. The zero-order valence-corrected chi connectivity index (χ0v) is 35.2. The Hall–Kier alpha value is -7.94. The van der Waals surface area contributed by atoms with Crippen LogP contribution in [0.3, 0.4) is 0 Å². The predicted molar refractivity (Wildman–Crippen MR) is 265 cm³/mol. The topological polar surface area (TPSA) is 16.4 Å². The highest BCUT2D eigenvalue weighted by atomic mass is 16.3. The quantitative estimate of drug-likeness (QED) is 0.160. The normalized spacial score (nSPS) is 12.7. The first kappa shape index (κ1) is 36.9. The largest absolute Gasteiger partial charge is 0.456 e. The van der Waals surface area contributed by atoms with Crippen LogP contribution >= 0.6 is 0 Å². The van der Waals surface area contributed by atoms with E-state index in [2.05, 4.69) is 237 Å². The van der Waals surface area contributed by atoms with Crippen molar-refractivity contribution in [2.45, 2.75) is 19.3 Å². The van der Waals surface area contributed by atoms with Gasteiger partial charge in [-0.15, -0.1) is 0 Å². The maximum Gasteiger partial charge on any atom is 0.137 e. The van der Waals surface area contributed by atoms with Gasteiger partial charge < -0.3 is 9.32 Å². The van der Waals surface area contributed by atoms with E-state index < -0.39 is 0 Å². The lowest BCUT2D eigenvalue weighted by Gasteiger charge is -2.29. The standard InChI is InChI=1S/C61H43NO/c1-61(2)53-18-7-5-15-51(53)59-54(61)19-10-20-55(59)62(56-21-11-23-58-60(56)52-16-6-8-22-57(52)63-58)48-38-36-45(37-39-48)43-30-28-41(29-31-43)40-24-26-42(27-25-40)44-32-34-47(35-33-44)50-17-9-13-46-12-3-4-14-49(46)50/h3-39H,1-2H3. The summed E-state index contributed by atoms with van der Waals surface area (Å²) in [6.07, 6.45) is 0. The highest BCUT2D eigenvalue weighted by molar-refractivity contribution is 6.14. The van der Waals surface area contributed by atoms with Crippen molar-refractivity contribution in [3.63, 3.8) is 0 Å². The summed E-state index contributed by atoms with van der Waals surface area (Å²) < 4.78 is 6.44. The highest BCUT2D eigenvalue weighted by Crippen LogP contribution is 2.55. The molecule has 2 heteroatoms. The number of benzene rings is 10. The number of fused-ring (bicyclic) bond motifs is 7. The average molecular weight is 806 g/mol. The molecule has 0 bridgehead atoms. The van der Waals surface area contributed by atoms with Gasteiger partial charge in [0.1, 0.15) is 11.2 Å². The molecule has 1 aromatic heterocycles. The van der Waals surface area contributed by atoms with Gasteiger partial charge in [-0.3, -0.25) is 0 Å². The molecule has 63 heavy (non-hydrogen) atoms. The fraction of sp³-hybridized carbons (Fsp3) is 0.0492. The minimum Gasteiger partial charge on any atom is -0.456 e. The highest BCUT2D eigenvalue weighted by Gasteiger charge is 2.38. The van der Waals surface area contributed by atoms with Crippen LogP contribution in [0.15, 0.2) is 229 Å². The Labute approximate surface area is 368 Å². The molecule has 0 fully saturated rings. The molecule has 0 saturated heterocycles. The molecule has 2 nitrogen and oxygen atoms in total. The van der Waals surface area contributed by atoms with E-state index in [4.69, 9.17) is 4.42 Å². The summed E-state index contributed by atoms with van der Waals surface area (Å²) in [5.41, 5.74) is 19.9. The van der Waals surface area contributed by atoms with E-state index in [9.17, 15) is 0 Å². The third-order valence-corrected chi connectivity index (χ3v) is 13.3. The maximum atomic E-state index is 6.44. The van der Waals surface area contributed by atoms with E-state index in [0.29, 0.717) is 0 Å². The predicted octanol–water partition coefficient (Wildman–Crippen LogP) is 17.2. The molecular formula is C61H43NO. The van der Waals surface area contributed by atoms with Crippen LogP contribution in [-0.4, -0.2) is 0 Å². The zero-order chi connectivity index (χ0) is 42.1. The summed E-state index contributed by atoms with van der Waals surface area (Å²) in [6.45, 7) is 4.69. The van der Waals surface area contributed by atoms with Crippen LogP contribution in [0.2, 0.25) is 0 Å². The van der Waals surface area contributed by atoms with Crippen molar-refractivity contribution in [1.29, 1.82) is 0 Å². The monoisotopic (exact) mass is 805 g/mol. The summed E-state index contributed by atoms with van der Waals surface area (Å²) in [4.78, 5) is 2.44. The Morgan fingerprint density at radius 3 is 1.49 bits per heavy atom. The van der Waals surface area contributed by atoms with E-state index >= 15 is 0 Å². The first-order valence-electron chi connectivity index (χ1n) is 21.8. The summed E-state index contributed by atoms with van der Waals surface area (Å²) in [6, 6.07) is 81.5. The van der Waals surface area contributed by atoms with E-state index in [1.54, 1.807) is 0 Å². The maximum absolute atomic E-state index is 6.44. The van der Waals surface area contributed by atoms with Crippen molar-refractivity contribution in [2.24, 2.45) is 0 Å². The van der Waals surface area contributed by atoms with Crippen LogP contribution in [0.4, 0.5) is 17.1 Å². The number of anilines is 3. The lowest BCUT2D eigenvalue weighted by atomic mass is 9.82. The summed E-state index contributed by atoms with van der Waals surface area (Å²) in [7, 11) is 0. The molecule has 1 heterocycles. The molecule has 10 aromatic carbocycles. The molecule has 1 aliphatic carbocycles. The molecule has 0 unspecified atom stereocenters. The zero-order valence-electron chi connectivity index (χ0n) is 35.2. The third kappa shape index (κ3) is 6.09. The average Bonchev–Trinajstić information content (AvgIpc) is 3.84. The summed E-state index contributed by atoms with van der Waals surface area (Å²) >= 11 is 0. The number of hydrogen-bond donors (Lipinski definition) is 0. The Morgan fingerprint density at radius 1 is 0.349 bits per heavy atom. The third-order valence-electron chi connectivity index (χ3n) is 13.3. The van der Waals surface area contributed by atoms with Crippen molar-refractivity contribution < 1.29 is 4.42 Å². The SMILES string of the molecule is CC1(C)c2ccccc2-c2c(N(c3ccc(-c4ccc(-c5ccc(-c6ccc(-c7cccc8ccccc78)cc6)cc5)cc4)cc3)c3cccc4oc5ccccc5c34)cccc21. The van der Waals surface area contributed by atoms with Crippen molar-refractivity contribution in [3.05, 3.63) is 236 Å². The van der Waals surface area contributed by atoms with Gasteiger partial charge in [0.05, 0.1) is 16.8 Å². The molecule has 12 rings (SSSR count). The number of para-hydroxylation sites is 1. The van der Waals surface area contributed by atoms with Crippen LogP contribution in [0.5, 0.6) is 0 Å². The molecule has 0 saturated carbocycles. The molecule has 0 spiro atoms. The van der Waals surface area contributed by atoms with E-state index in [1.165, 1.54) is 77.5 Å². The molecule has 0 aliphatic heterocycles. The van der Waals surface area contributed by atoms with Gasteiger partial charge in [-0.25, -0.2) is 0 Å². The first-order chi connectivity index (χ1) is 31.0. The Bertz CT molecular complexity index is 3500. The van der Waals surface area contributed by atoms with Crippen LogP contribution in [0.25, 0.3) is 88.3 Å². The van der Waals surface area contributed by atoms with Gasteiger partial charge in [0.25, 0.3) is 0 Å². The Morgan fingerprint density at radius 2 is 0.810 bits per heavy atom. The minimum atomic E-state index is -0.120. The second kappa shape index (κ2) is 14.6. The fourth-order valence-electron chi connectivity index (χ4n) is 10.1. The minimum absolute atomic E-state index is 0.120. The molecule has 0 N–H and O–H groups in total. The van der Waals surface area contributed by atoms with E-state index in [1.807, 2.05) is 6.07 Å². The fourth-order valence-corrected chi connectivity index (χ4v) is 10.1.